The fourth-order valence-corrected chi connectivity index (χ4v) is 3.88. The Balaban J connectivity index is 2.05. The van der Waals surface area contributed by atoms with Crippen LogP contribution in [0.2, 0.25) is 0 Å². The maximum atomic E-state index is 12.8. The number of rotatable bonds is 3. The van der Waals surface area contributed by atoms with E-state index in [0.29, 0.717) is 18.2 Å². The molecule has 0 bridgehead atoms. The molecule has 0 saturated heterocycles. The number of hydrogen-bond acceptors (Lipinski definition) is 2. The zero-order valence-corrected chi connectivity index (χ0v) is 11.2. The normalized spacial score (nSPS) is 33.3. The predicted octanol–water partition coefficient (Wildman–Crippen LogP) is 3.29. The summed E-state index contributed by atoms with van der Waals surface area (Å²) in [6.45, 7) is 2.87. The van der Waals surface area contributed by atoms with Gasteiger partial charge in [0, 0.05) is 17.9 Å². The second-order valence-corrected chi connectivity index (χ2v) is 6.38. The lowest BCUT2D eigenvalue weighted by molar-refractivity contribution is -0.135. The van der Waals surface area contributed by atoms with Crippen molar-refractivity contribution in [2.45, 2.75) is 64.7 Å². The molecule has 0 radical (unpaired) electrons. The van der Waals surface area contributed by atoms with Gasteiger partial charge in [0.05, 0.1) is 0 Å². The summed E-state index contributed by atoms with van der Waals surface area (Å²) in [4.78, 5) is 12.8. The smallest absolute Gasteiger partial charge is 0.143 e. The van der Waals surface area contributed by atoms with Gasteiger partial charge in [-0.25, -0.2) is 0 Å². The lowest BCUT2D eigenvalue weighted by atomic mass is 9.65. The second-order valence-electron chi connectivity index (χ2n) is 6.38. The first-order chi connectivity index (χ1) is 8.18. The second kappa shape index (κ2) is 5.51. The molecule has 2 unspecified atom stereocenters. The van der Waals surface area contributed by atoms with E-state index in [9.17, 15) is 4.79 Å². The molecule has 0 aromatic rings. The van der Waals surface area contributed by atoms with Crippen LogP contribution in [0.1, 0.15) is 64.7 Å². The van der Waals surface area contributed by atoms with Crippen molar-refractivity contribution in [2.75, 3.05) is 6.54 Å². The molecule has 2 aliphatic rings. The summed E-state index contributed by atoms with van der Waals surface area (Å²) in [5.41, 5.74) is 5.82. The van der Waals surface area contributed by atoms with E-state index in [-0.39, 0.29) is 5.41 Å². The third-order valence-electron chi connectivity index (χ3n) is 5.03. The van der Waals surface area contributed by atoms with Crippen molar-refractivity contribution < 1.29 is 4.79 Å². The van der Waals surface area contributed by atoms with Crippen LogP contribution in [0.4, 0.5) is 0 Å². The van der Waals surface area contributed by atoms with Crippen molar-refractivity contribution in [3.8, 4) is 0 Å². The minimum Gasteiger partial charge on any atom is -0.329 e. The number of carbonyl (C=O) groups is 1. The summed E-state index contributed by atoms with van der Waals surface area (Å²) in [5.74, 6) is 1.57. The fourth-order valence-electron chi connectivity index (χ4n) is 3.88. The average molecular weight is 237 g/mol. The highest BCUT2D eigenvalue weighted by atomic mass is 16.1. The van der Waals surface area contributed by atoms with Crippen molar-refractivity contribution in [3.63, 3.8) is 0 Å². The number of Topliss-reactive ketones (excluding diaryl/α,β-unsaturated/α-hetero) is 1. The monoisotopic (exact) mass is 237 g/mol. The highest BCUT2D eigenvalue weighted by Gasteiger charge is 2.42. The largest absolute Gasteiger partial charge is 0.329 e. The van der Waals surface area contributed by atoms with Gasteiger partial charge in [-0.2, -0.15) is 0 Å². The quantitative estimate of drug-likeness (QED) is 0.818. The maximum absolute atomic E-state index is 12.8. The predicted molar refractivity (Wildman–Crippen MR) is 70.7 cm³/mol. The molecule has 98 valence electrons. The summed E-state index contributed by atoms with van der Waals surface area (Å²) in [6.07, 6.45) is 10.6. The van der Waals surface area contributed by atoms with E-state index in [1.54, 1.807) is 0 Å². The van der Waals surface area contributed by atoms with Crippen molar-refractivity contribution in [1.82, 2.24) is 0 Å². The minimum absolute atomic E-state index is 0.139. The van der Waals surface area contributed by atoms with Gasteiger partial charge in [0.2, 0.25) is 0 Å². The molecule has 17 heavy (non-hydrogen) atoms. The third-order valence-corrected chi connectivity index (χ3v) is 5.03. The number of nitrogens with two attached hydrogens (primary N) is 1. The third kappa shape index (κ3) is 2.73. The van der Waals surface area contributed by atoms with Crippen molar-refractivity contribution in [2.24, 2.45) is 23.0 Å². The number of hydrogen-bond donors (Lipinski definition) is 1. The van der Waals surface area contributed by atoms with Crippen LogP contribution in [0.15, 0.2) is 0 Å². The molecule has 0 aliphatic heterocycles. The van der Waals surface area contributed by atoms with E-state index in [1.807, 2.05) is 0 Å². The van der Waals surface area contributed by atoms with E-state index in [1.165, 1.54) is 32.1 Å². The summed E-state index contributed by atoms with van der Waals surface area (Å²) in [5, 5.41) is 0. The Kier molecular flexibility index (Phi) is 4.24. The van der Waals surface area contributed by atoms with Crippen molar-refractivity contribution >= 4 is 5.78 Å². The molecule has 0 aromatic carbocycles. The van der Waals surface area contributed by atoms with Gasteiger partial charge in [-0.05, 0) is 31.6 Å². The van der Waals surface area contributed by atoms with Gasteiger partial charge in [-0.15, -0.1) is 0 Å². The SMILES string of the molecule is CC1CCCC(C(=O)C2(CN)CCCCC2)C1. The van der Waals surface area contributed by atoms with Gasteiger partial charge in [0.15, 0.2) is 0 Å². The van der Waals surface area contributed by atoms with Gasteiger partial charge < -0.3 is 5.73 Å². The molecular formula is C15H27NO. The van der Waals surface area contributed by atoms with E-state index in [2.05, 4.69) is 6.92 Å². The molecule has 0 aromatic heterocycles. The highest BCUT2D eigenvalue weighted by molar-refractivity contribution is 5.87. The highest BCUT2D eigenvalue weighted by Crippen LogP contribution is 2.42. The van der Waals surface area contributed by atoms with E-state index in [0.717, 1.165) is 31.6 Å². The molecule has 0 spiro atoms. The Morgan fingerprint density at radius 2 is 1.88 bits per heavy atom. The molecule has 2 N–H and O–H groups in total. The van der Waals surface area contributed by atoms with E-state index >= 15 is 0 Å². The first-order valence-electron chi connectivity index (χ1n) is 7.42. The Hall–Kier alpha value is -0.370. The van der Waals surface area contributed by atoms with Crippen LogP contribution in [0, 0.1) is 17.3 Å². The molecule has 2 atom stereocenters. The summed E-state index contributed by atoms with van der Waals surface area (Å²) in [6, 6.07) is 0. The number of ketones is 1. The van der Waals surface area contributed by atoms with Crippen molar-refractivity contribution in [1.29, 1.82) is 0 Å². The van der Waals surface area contributed by atoms with Gasteiger partial charge in [-0.3, -0.25) is 4.79 Å². The topological polar surface area (TPSA) is 43.1 Å². The van der Waals surface area contributed by atoms with Crippen LogP contribution < -0.4 is 5.73 Å². The van der Waals surface area contributed by atoms with Crippen molar-refractivity contribution in [3.05, 3.63) is 0 Å². The zero-order valence-electron chi connectivity index (χ0n) is 11.2. The van der Waals surface area contributed by atoms with Crippen LogP contribution in [0.3, 0.4) is 0 Å². The first kappa shape index (κ1) is 13.1. The zero-order chi connectivity index (χ0) is 12.3. The van der Waals surface area contributed by atoms with Crippen LogP contribution in [-0.4, -0.2) is 12.3 Å². The molecule has 2 fully saturated rings. The lowest BCUT2D eigenvalue weighted by Crippen LogP contribution is -2.44. The summed E-state index contributed by atoms with van der Waals surface area (Å²) in [7, 11) is 0. The lowest BCUT2D eigenvalue weighted by Gasteiger charge is -2.39. The summed E-state index contributed by atoms with van der Waals surface area (Å²) < 4.78 is 0. The minimum atomic E-state index is -0.139. The molecule has 2 nitrogen and oxygen atoms in total. The molecular weight excluding hydrogens is 210 g/mol. The van der Waals surface area contributed by atoms with Gasteiger partial charge in [0.1, 0.15) is 5.78 Å². The maximum Gasteiger partial charge on any atom is 0.143 e. The Morgan fingerprint density at radius 3 is 2.47 bits per heavy atom. The molecule has 2 aliphatic carbocycles. The van der Waals surface area contributed by atoms with Crippen LogP contribution in [0.25, 0.3) is 0 Å². The molecule has 2 rings (SSSR count). The molecule has 2 saturated carbocycles. The van der Waals surface area contributed by atoms with E-state index < -0.39 is 0 Å². The van der Waals surface area contributed by atoms with Gasteiger partial charge >= 0.3 is 0 Å². The average Bonchev–Trinajstić information content (AvgIpc) is 2.38. The standard InChI is InChI=1S/C15H27NO/c1-12-6-5-7-13(10-12)14(17)15(11-16)8-3-2-4-9-15/h12-13H,2-11,16H2,1H3. The molecule has 0 heterocycles. The Morgan fingerprint density at radius 1 is 1.18 bits per heavy atom. The molecule has 2 heteroatoms. The Bertz CT molecular complexity index is 268. The molecule has 0 amide bonds. The van der Waals surface area contributed by atoms with Gasteiger partial charge in [-0.1, -0.05) is 39.0 Å². The van der Waals surface area contributed by atoms with Crippen LogP contribution in [0.5, 0.6) is 0 Å². The van der Waals surface area contributed by atoms with Crippen LogP contribution >= 0.6 is 0 Å². The van der Waals surface area contributed by atoms with E-state index in [4.69, 9.17) is 5.73 Å². The van der Waals surface area contributed by atoms with Gasteiger partial charge in [0.25, 0.3) is 0 Å². The fraction of sp³-hybridized carbons (Fsp3) is 0.933. The first-order valence-corrected chi connectivity index (χ1v) is 7.42. The van der Waals surface area contributed by atoms with Crippen LogP contribution in [-0.2, 0) is 4.79 Å². The Labute approximate surface area is 105 Å². The number of carbonyl (C=O) groups excluding carboxylic acids is 1. The summed E-state index contributed by atoms with van der Waals surface area (Å²) >= 11 is 0.